The van der Waals surface area contributed by atoms with E-state index in [1.807, 2.05) is 34.9 Å². The summed E-state index contributed by atoms with van der Waals surface area (Å²) in [4.78, 5) is 16.2. The summed E-state index contributed by atoms with van der Waals surface area (Å²) in [7, 11) is 0. The van der Waals surface area contributed by atoms with Crippen molar-refractivity contribution >= 4 is 35.1 Å². The van der Waals surface area contributed by atoms with Gasteiger partial charge in [-0.1, -0.05) is 59.8 Å². The van der Waals surface area contributed by atoms with Gasteiger partial charge in [0, 0.05) is 18.3 Å². The van der Waals surface area contributed by atoms with E-state index in [2.05, 4.69) is 27.1 Å². The first-order chi connectivity index (χ1) is 12.7. The van der Waals surface area contributed by atoms with Crippen LogP contribution in [0.2, 0.25) is 5.02 Å². The first-order valence-electron chi connectivity index (χ1n) is 7.81. The van der Waals surface area contributed by atoms with E-state index in [1.165, 1.54) is 18.0 Å². The number of anilines is 1. The molecule has 0 unspecified atom stereocenters. The Balaban J connectivity index is 1.69. The Labute approximate surface area is 160 Å². The lowest BCUT2D eigenvalue weighted by Gasteiger charge is -2.08. The molecule has 0 bridgehead atoms. The minimum absolute atomic E-state index is 0.181. The molecule has 26 heavy (non-hydrogen) atoms. The van der Waals surface area contributed by atoms with E-state index in [4.69, 9.17) is 11.6 Å². The van der Waals surface area contributed by atoms with E-state index in [1.54, 1.807) is 18.2 Å². The average Bonchev–Trinajstić information content (AvgIpc) is 3.06. The molecule has 2 aromatic heterocycles. The zero-order chi connectivity index (χ0) is 18.4. The molecule has 2 heterocycles. The van der Waals surface area contributed by atoms with E-state index in [0.29, 0.717) is 22.5 Å². The van der Waals surface area contributed by atoms with Gasteiger partial charge in [0.15, 0.2) is 11.0 Å². The zero-order valence-electron chi connectivity index (χ0n) is 13.8. The van der Waals surface area contributed by atoms with Crippen LogP contribution < -0.4 is 5.32 Å². The lowest BCUT2D eigenvalue weighted by atomic mass is 10.2. The van der Waals surface area contributed by atoms with Crippen molar-refractivity contribution in [3.8, 4) is 11.4 Å². The summed E-state index contributed by atoms with van der Waals surface area (Å²) in [5.41, 5.74) is 0.962. The van der Waals surface area contributed by atoms with Crippen LogP contribution in [0.15, 0.2) is 66.5 Å². The molecule has 1 N–H and O–H groups in total. The van der Waals surface area contributed by atoms with Crippen LogP contribution >= 0.6 is 23.4 Å². The van der Waals surface area contributed by atoms with E-state index in [9.17, 15) is 4.79 Å². The number of pyridine rings is 1. The standard InChI is InChI=1S/C18H16ClN5OS/c1-2-10-24-17(13-6-4-3-5-7-13)22-23-18(24)26-12-16(25)21-15-9-8-14(19)11-20-15/h2-9,11H,1,10,12H2,(H,20,21,25). The first kappa shape index (κ1) is 18.2. The molecular weight excluding hydrogens is 370 g/mol. The minimum Gasteiger partial charge on any atom is -0.310 e. The van der Waals surface area contributed by atoms with Crippen molar-refractivity contribution in [2.24, 2.45) is 0 Å². The van der Waals surface area contributed by atoms with Crippen LogP contribution in [0.25, 0.3) is 11.4 Å². The Morgan fingerprint density at radius 2 is 2.04 bits per heavy atom. The highest BCUT2D eigenvalue weighted by atomic mass is 35.5. The number of halogens is 1. The van der Waals surface area contributed by atoms with Crippen molar-refractivity contribution in [3.63, 3.8) is 0 Å². The molecule has 0 aliphatic carbocycles. The molecule has 0 aliphatic heterocycles. The topological polar surface area (TPSA) is 72.7 Å². The van der Waals surface area contributed by atoms with Gasteiger partial charge in [0.25, 0.3) is 0 Å². The summed E-state index contributed by atoms with van der Waals surface area (Å²) >= 11 is 7.09. The van der Waals surface area contributed by atoms with Gasteiger partial charge in [-0.25, -0.2) is 4.98 Å². The molecule has 0 saturated heterocycles. The molecule has 3 rings (SSSR count). The van der Waals surface area contributed by atoms with Crippen molar-refractivity contribution in [1.29, 1.82) is 0 Å². The Hall–Kier alpha value is -2.64. The van der Waals surface area contributed by atoms with Crippen LogP contribution in [0.5, 0.6) is 0 Å². The number of hydrogen-bond donors (Lipinski definition) is 1. The highest BCUT2D eigenvalue weighted by Crippen LogP contribution is 2.24. The van der Waals surface area contributed by atoms with E-state index < -0.39 is 0 Å². The summed E-state index contributed by atoms with van der Waals surface area (Å²) < 4.78 is 1.93. The highest BCUT2D eigenvalue weighted by Gasteiger charge is 2.15. The SMILES string of the molecule is C=CCn1c(SCC(=O)Nc2ccc(Cl)cn2)nnc1-c1ccccc1. The van der Waals surface area contributed by atoms with Gasteiger partial charge in [0.2, 0.25) is 5.91 Å². The number of amides is 1. The van der Waals surface area contributed by atoms with E-state index in [-0.39, 0.29) is 11.7 Å². The highest BCUT2D eigenvalue weighted by molar-refractivity contribution is 7.99. The summed E-state index contributed by atoms with van der Waals surface area (Å²) in [5.74, 6) is 1.21. The average molecular weight is 386 g/mol. The van der Waals surface area contributed by atoms with Crippen LogP contribution in [0.3, 0.4) is 0 Å². The van der Waals surface area contributed by atoms with Gasteiger partial charge in [0.1, 0.15) is 5.82 Å². The lowest BCUT2D eigenvalue weighted by Crippen LogP contribution is -2.15. The number of carbonyl (C=O) groups is 1. The fourth-order valence-corrected chi connectivity index (χ4v) is 3.11. The number of hydrogen-bond acceptors (Lipinski definition) is 5. The van der Waals surface area contributed by atoms with E-state index in [0.717, 1.165) is 11.4 Å². The van der Waals surface area contributed by atoms with Gasteiger partial charge in [-0.2, -0.15) is 0 Å². The molecule has 3 aromatic rings. The van der Waals surface area contributed by atoms with Crippen LogP contribution in [-0.4, -0.2) is 31.4 Å². The van der Waals surface area contributed by atoms with E-state index >= 15 is 0 Å². The lowest BCUT2D eigenvalue weighted by molar-refractivity contribution is -0.113. The quantitative estimate of drug-likeness (QED) is 0.493. The van der Waals surface area contributed by atoms with Crippen LogP contribution in [0.1, 0.15) is 0 Å². The second-order valence-electron chi connectivity index (χ2n) is 5.27. The molecule has 0 saturated carbocycles. The maximum Gasteiger partial charge on any atom is 0.236 e. The Morgan fingerprint density at radius 1 is 1.23 bits per heavy atom. The van der Waals surface area contributed by atoms with Crippen LogP contribution in [0, 0.1) is 0 Å². The predicted molar refractivity (Wildman–Crippen MR) is 104 cm³/mol. The monoisotopic (exact) mass is 385 g/mol. The summed E-state index contributed by atoms with van der Waals surface area (Å²) in [5, 5.41) is 12.4. The molecule has 0 fully saturated rings. The molecule has 0 atom stereocenters. The Kier molecular flexibility index (Phi) is 6.04. The molecular formula is C18H16ClN5OS. The third kappa shape index (κ3) is 4.50. The van der Waals surface area contributed by atoms with Gasteiger partial charge in [0.05, 0.1) is 10.8 Å². The Bertz CT molecular complexity index is 896. The first-order valence-corrected chi connectivity index (χ1v) is 9.17. The fourth-order valence-electron chi connectivity index (χ4n) is 2.25. The van der Waals surface area contributed by atoms with Crippen LogP contribution in [-0.2, 0) is 11.3 Å². The molecule has 0 aliphatic rings. The summed E-state index contributed by atoms with van der Waals surface area (Å²) in [6.45, 7) is 4.34. The van der Waals surface area contributed by atoms with Crippen molar-refractivity contribution in [2.75, 3.05) is 11.1 Å². The predicted octanol–water partition coefficient (Wildman–Crippen LogP) is 3.91. The van der Waals surface area contributed by atoms with Gasteiger partial charge in [-0.05, 0) is 12.1 Å². The number of thioether (sulfide) groups is 1. The molecule has 0 spiro atoms. The van der Waals surface area contributed by atoms with Gasteiger partial charge in [-0.15, -0.1) is 16.8 Å². The van der Waals surface area contributed by atoms with Crippen LogP contribution in [0.4, 0.5) is 5.82 Å². The number of aromatic nitrogens is 4. The third-order valence-electron chi connectivity index (χ3n) is 3.39. The summed E-state index contributed by atoms with van der Waals surface area (Å²) in [6.07, 6.45) is 3.26. The number of benzene rings is 1. The fraction of sp³-hybridized carbons (Fsp3) is 0.111. The van der Waals surface area contributed by atoms with Gasteiger partial charge in [-0.3, -0.25) is 9.36 Å². The number of nitrogens with zero attached hydrogens (tertiary/aromatic N) is 4. The van der Waals surface area contributed by atoms with Crippen molar-refractivity contribution in [3.05, 3.63) is 66.3 Å². The third-order valence-corrected chi connectivity index (χ3v) is 4.58. The molecule has 0 radical (unpaired) electrons. The maximum atomic E-state index is 12.1. The molecule has 8 heteroatoms. The summed E-state index contributed by atoms with van der Waals surface area (Å²) in [6, 6.07) is 13.1. The van der Waals surface area contributed by atoms with Crippen molar-refractivity contribution < 1.29 is 4.79 Å². The smallest absolute Gasteiger partial charge is 0.236 e. The molecule has 6 nitrogen and oxygen atoms in total. The minimum atomic E-state index is -0.181. The second kappa shape index (κ2) is 8.64. The number of allylic oxidation sites excluding steroid dienone is 1. The molecule has 132 valence electrons. The van der Waals surface area contributed by atoms with Crippen molar-refractivity contribution in [2.45, 2.75) is 11.7 Å². The maximum absolute atomic E-state index is 12.1. The Morgan fingerprint density at radius 3 is 2.73 bits per heavy atom. The number of nitrogens with one attached hydrogen (secondary N) is 1. The van der Waals surface area contributed by atoms with Crippen molar-refractivity contribution in [1.82, 2.24) is 19.7 Å². The normalized spacial score (nSPS) is 10.5. The van der Waals surface area contributed by atoms with Gasteiger partial charge >= 0.3 is 0 Å². The number of rotatable bonds is 7. The molecule has 1 aromatic carbocycles. The molecule has 1 amide bonds. The van der Waals surface area contributed by atoms with Gasteiger partial charge < -0.3 is 5.32 Å². The number of carbonyl (C=O) groups excluding carboxylic acids is 1. The largest absolute Gasteiger partial charge is 0.310 e. The zero-order valence-corrected chi connectivity index (χ0v) is 15.4. The second-order valence-corrected chi connectivity index (χ2v) is 6.65.